The summed E-state index contributed by atoms with van der Waals surface area (Å²) in [6.07, 6.45) is 6.49. The molecule has 1 N–H and O–H groups in total. The zero-order chi connectivity index (χ0) is 19.5. The van der Waals surface area contributed by atoms with Gasteiger partial charge in [-0.25, -0.2) is 9.07 Å². The fourth-order valence-corrected chi connectivity index (χ4v) is 3.49. The zero-order valence-corrected chi connectivity index (χ0v) is 15.7. The van der Waals surface area contributed by atoms with Gasteiger partial charge in [-0.15, -0.1) is 0 Å². The Morgan fingerprint density at radius 1 is 1.11 bits per heavy atom. The third kappa shape index (κ3) is 3.91. The second kappa shape index (κ2) is 7.84. The fraction of sp³-hybridized carbons (Fsp3) is 0.273. The van der Waals surface area contributed by atoms with Gasteiger partial charge in [-0.2, -0.15) is 5.10 Å². The van der Waals surface area contributed by atoms with Crippen molar-refractivity contribution in [2.24, 2.45) is 0 Å². The highest BCUT2D eigenvalue weighted by atomic mass is 19.1. The summed E-state index contributed by atoms with van der Waals surface area (Å²) in [6.45, 7) is 1.81. The van der Waals surface area contributed by atoms with Crippen LogP contribution in [0.5, 0.6) is 5.75 Å². The van der Waals surface area contributed by atoms with Crippen LogP contribution in [-0.4, -0.2) is 21.8 Å². The molecule has 1 fully saturated rings. The topological polar surface area (TPSA) is 56.1 Å². The smallest absolute Gasteiger partial charge is 0.259 e. The van der Waals surface area contributed by atoms with E-state index in [1.54, 1.807) is 16.8 Å². The van der Waals surface area contributed by atoms with Crippen LogP contribution >= 0.6 is 0 Å². The number of carbonyl (C=O) groups is 1. The molecule has 1 aromatic heterocycles. The maximum absolute atomic E-state index is 13.1. The second-order valence-electron chi connectivity index (χ2n) is 7.03. The lowest BCUT2D eigenvalue weighted by Crippen LogP contribution is -2.13. The van der Waals surface area contributed by atoms with Crippen molar-refractivity contribution < 1.29 is 13.9 Å². The van der Waals surface area contributed by atoms with Crippen molar-refractivity contribution in [2.75, 3.05) is 5.32 Å². The minimum absolute atomic E-state index is 0.240. The number of halogens is 1. The van der Waals surface area contributed by atoms with Crippen LogP contribution in [0.4, 0.5) is 10.1 Å². The third-order valence-electron chi connectivity index (χ3n) is 5.04. The van der Waals surface area contributed by atoms with Crippen LogP contribution < -0.4 is 10.1 Å². The third-order valence-corrected chi connectivity index (χ3v) is 5.04. The van der Waals surface area contributed by atoms with Gasteiger partial charge < -0.3 is 10.1 Å². The Kier molecular flexibility index (Phi) is 5.10. The first-order valence-corrected chi connectivity index (χ1v) is 9.49. The van der Waals surface area contributed by atoms with E-state index >= 15 is 0 Å². The van der Waals surface area contributed by atoms with Crippen molar-refractivity contribution in [2.45, 2.75) is 38.7 Å². The molecule has 0 unspecified atom stereocenters. The van der Waals surface area contributed by atoms with E-state index in [1.807, 2.05) is 31.2 Å². The van der Waals surface area contributed by atoms with Crippen molar-refractivity contribution in [3.63, 3.8) is 0 Å². The van der Waals surface area contributed by atoms with Gasteiger partial charge in [0.1, 0.15) is 11.6 Å². The molecule has 1 aliphatic rings. The molecule has 144 valence electrons. The van der Waals surface area contributed by atoms with Gasteiger partial charge in [-0.1, -0.05) is 0 Å². The molecule has 0 aliphatic heterocycles. The molecule has 1 amide bonds. The minimum Gasteiger partial charge on any atom is -0.490 e. The van der Waals surface area contributed by atoms with E-state index in [2.05, 4.69) is 10.4 Å². The number of nitrogens with one attached hydrogen (secondary N) is 1. The average Bonchev–Trinajstić information content (AvgIpc) is 3.34. The first-order chi connectivity index (χ1) is 13.6. The predicted octanol–water partition coefficient (Wildman–Crippen LogP) is 4.89. The lowest BCUT2D eigenvalue weighted by atomic mass is 10.2. The number of benzene rings is 2. The first-order valence-electron chi connectivity index (χ1n) is 9.49. The summed E-state index contributed by atoms with van der Waals surface area (Å²) in [5.74, 6) is 0.271. The maximum Gasteiger partial charge on any atom is 0.259 e. The monoisotopic (exact) mass is 379 g/mol. The molecule has 0 atom stereocenters. The van der Waals surface area contributed by atoms with Crippen molar-refractivity contribution >= 4 is 11.6 Å². The zero-order valence-electron chi connectivity index (χ0n) is 15.7. The summed E-state index contributed by atoms with van der Waals surface area (Å²) in [5, 5.41) is 7.15. The van der Waals surface area contributed by atoms with Gasteiger partial charge in [0.15, 0.2) is 0 Å². The Labute approximate surface area is 163 Å². The fourth-order valence-electron chi connectivity index (χ4n) is 3.49. The van der Waals surface area contributed by atoms with Crippen LogP contribution in [0.3, 0.4) is 0 Å². The summed E-state index contributed by atoms with van der Waals surface area (Å²) in [6, 6.07) is 13.4. The van der Waals surface area contributed by atoms with Crippen molar-refractivity contribution in [3.05, 3.63) is 71.8 Å². The van der Waals surface area contributed by atoms with E-state index in [0.717, 1.165) is 18.6 Å². The van der Waals surface area contributed by atoms with E-state index in [1.165, 1.54) is 31.2 Å². The Morgan fingerprint density at radius 3 is 2.46 bits per heavy atom. The van der Waals surface area contributed by atoms with Gasteiger partial charge in [-0.3, -0.25) is 4.79 Å². The molecule has 28 heavy (non-hydrogen) atoms. The lowest BCUT2D eigenvalue weighted by molar-refractivity contribution is 0.102. The molecule has 1 aliphatic carbocycles. The van der Waals surface area contributed by atoms with Crippen LogP contribution in [0, 0.1) is 12.7 Å². The summed E-state index contributed by atoms with van der Waals surface area (Å²) >= 11 is 0. The van der Waals surface area contributed by atoms with Gasteiger partial charge >= 0.3 is 0 Å². The van der Waals surface area contributed by atoms with Crippen molar-refractivity contribution in [1.29, 1.82) is 0 Å². The molecule has 1 heterocycles. The van der Waals surface area contributed by atoms with E-state index in [4.69, 9.17) is 4.74 Å². The molecule has 0 saturated heterocycles. The average molecular weight is 379 g/mol. The number of ether oxygens (including phenoxy) is 1. The van der Waals surface area contributed by atoms with Gasteiger partial charge in [0.25, 0.3) is 5.91 Å². The van der Waals surface area contributed by atoms with E-state index < -0.39 is 0 Å². The number of amides is 1. The Bertz CT molecular complexity index is 958. The molecule has 6 heteroatoms. The normalized spacial score (nSPS) is 14.2. The number of hydrogen-bond donors (Lipinski definition) is 1. The van der Waals surface area contributed by atoms with Crippen LogP contribution in [0.2, 0.25) is 0 Å². The summed E-state index contributed by atoms with van der Waals surface area (Å²) < 4.78 is 20.7. The van der Waals surface area contributed by atoms with E-state index in [0.29, 0.717) is 28.7 Å². The number of nitrogens with zero attached hydrogens (tertiary/aromatic N) is 2. The molecule has 3 aromatic rings. The molecule has 1 saturated carbocycles. The van der Waals surface area contributed by atoms with Gasteiger partial charge in [0.05, 0.1) is 29.2 Å². The van der Waals surface area contributed by atoms with Crippen molar-refractivity contribution in [3.8, 4) is 11.4 Å². The molecule has 2 aromatic carbocycles. The van der Waals surface area contributed by atoms with Crippen LogP contribution in [0.25, 0.3) is 5.69 Å². The highest BCUT2D eigenvalue weighted by Crippen LogP contribution is 2.25. The quantitative estimate of drug-likeness (QED) is 0.686. The number of hydrogen-bond acceptors (Lipinski definition) is 3. The molecule has 0 radical (unpaired) electrons. The SMILES string of the molecule is Cc1c(C(=O)Nc2ccc(OC3CCCC3)cc2)cnn1-c1ccc(F)cc1. The molecule has 5 nitrogen and oxygen atoms in total. The first kappa shape index (κ1) is 18.2. The largest absolute Gasteiger partial charge is 0.490 e. The van der Waals surface area contributed by atoms with Crippen LogP contribution in [0.1, 0.15) is 41.7 Å². The Balaban J connectivity index is 1.44. The maximum atomic E-state index is 13.1. The molecule has 0 spiro atoms. The Morgan fingerprint density at radius 2 is 1.79 bits per heavy atom. The number of anilines is 1. The number of aromatic nitrogens is 2. The standard InChI is InChI=1S/C22H22FN3O2/c1-15-21(14-24-26(15)18-10-6-16(23)7-11-18)22(27)25-17-8-12-20(13-9-17)28-19-4-2-3-5-19/h6-14,19H,2-5H2,1H3,(H,25,27). The van der Waals surface area contributed by atoms with Crippen molar-refractivity contribution in [1.82, 2.24) is 9.78 Å². The summed E-state index contributed by atoms with van der Waals surface area (Å²) in [4.78, 5) is 12.6. The number of rotatable bonds is 5. The Hall–Kier alpha value is -3.15. The van der Waals surface area contributed by atoms with E-state index in [9.17, 15) is 9.18 Å². The van der Waals surface area contributed by atoms with Gasteiger partial charge in [0.2, 0.25) is 0 Å². The highest BCUT2D eigenvalue weighted by Gasteiger charge is 2.17. The van der Waals surface area contributed by atoms with E-state index in [-0.39, 0.29) is 11.7 Å². The predicted molar refractivity (Wildman–Crippen MR) is 106 cm³/mol. The van der Waals surface area contributed by atoms with Crippen LogP contribution in [0.15, 0.2) is 54.7 Å². The highest BCUT2D eigenvalue weighted by molar-refractivity contribution is 6.05. The van der Waals surface area contributed by atoms with Crippen LogP contribution in [-0.2, 0) is 0 Å². The van der Waals surface area contributed by atoms with Gasteiger partial charge in [-0.05, 0) is 81.1 Å². The number of carbonyl (C=O) groups excluding carboxylic acids is 1. The molecule has 4 rings (SSSR count). The molecular weight excluding hydrogens is 357 g/mol. The minimum atomic E-state index is -0.313. The summed E-state index contributed by atoms with van der Waals surface area (Å²) in [7, 11) is 0. The molecular formula is C22H22FN3O2. The molecule has 0 bridgehead atoms. The van der Waals surface area contributed by atoms with Gasteiger partial charge in [0, 0.05) is 5.69 Å². The second-order valence-corrected chi connectivity index (χ2v) is 7.03. The lowest BCUT2D eigenvalue weighted by Gasteiger charge is -2.13. The summed E-state index contributed by atoms with van der Waals surface area (Å²) in [5.41, 5.74) is 2.55.